The molecule has 1 N–H and O–H groups in total. The van der Waals surface area contributed by atoms with E-state index in [1.807, 2.05) is 0 Å². The molecule has 19 heavy (non-hydrogen) atoms. The van der Waals surface area contributed by atoms with E-state index in [-0.39, 0.29) is 5.97 Å². The monoisotopic (exact) mass is 283 g/mol. The molecule has 0 saturated carbocycles. The first kappa shape index (κ1) is 14.3. The Morgan fingerprint density at radius 1 is 1.53 bits per heavy atom. The predicted molar refractivity (Wildman–Crippen MR) is 76.9 cm³/mol. The summed E-state index contributed by atoms with van der Waals surface area (Å²) in [6.07, 6.45) is 3.78. The summed E-state index contributed by atoms with van der Waals surface area (Å²) in [5.74, 6) is -0.344. The zero-order chi connectivity index (χ0) is 13.5. The van der Waals surface area contributed by atoms with E-state index in [1.165, 1.54) is 37.3 Å². The van der Waals surface area contributed by atoms with Crippen LogP contribution in [0.3, 0.4) is 0 Å². The smallest absolute Gasteiger partial charge is 0.357 e. The third kappa shape index (κ3) is 4.47. The fraction of sp³-hybridized carbons (Fsp3) is 0.692. The van der Waals surface area contributed by atoms with Crippen molar-refractivity contribution in [3.8, 4) is 0 Å². The zero-order valence-electron chi connectivity index (χ0n) is 11.4. The van der Waals surface area contributed by atoms with Crippen molar-refractivity contribution in [1.29, 1.82) is 0 Å². The van der Waals surface area contributed by atoms with Gasteiger partial charge in [0.15, 0.2) is 10.8 Å². The fourth-order valence-corrected chi connectivity index (χ4v) is 2.87. The number of esters is 1. The normalized spacial score (nSPS) is 15.6. The van der Waals surface area contributed by atoms with Gasteiger partial charge in [0.1, 0.15) is 0 Å². The van der Waals surface area contributed by atoms with Crippen molar-refractivity contribution in [2.24, 2.45) is 0 Å². The molecule has 0 aliphatic carbocycles. The summed E-state index contributed by atoms with van der Waals surface area (Å²) in [6, 6.07) is 0. The van der Waals surface area contributed by atoms with Crippen molar-refractivity contribution >= 4 is 22.4 Å². The Bertz CT molecular complexity index is 402. The fourth-order valence-electron chi connectivity index (χ4n) is 2.16. The summed E-state index contributed by atoms with van der Waals surface area (Å²) in [7, 11) is 0. The second kappa shape index (κ2) is 7.45. The minimum atomic E-state index is -0.344. The van der Waals surface area contributed by atoms with E-state index in [1.54, 1.807) is 12.3 Å². The third-order valence-corrected chi connectivity index (χ3v) is 3.91. The van der Waals surface area contributed by atoms with Crippen LogP contribution in [0, 0.1) is 0 Å². The summed E-state index contributed by atoms with van der Waals surface area (Å²) < 4.78 is 4.91. The van der Waals surface area contributed by atoms with Crippen molar-refractivity contribution in [2.45, 2.75) is 26.2 Å². The summed E-state index contributed by atoms with van der Waals surface area (Å²) in [5.41, 5.74) is 0.397. The van der Waals surface area contributed by atoms with E-state index in [2.05, 4.69) is 15.2 Å². The number of thiazole rings is 1. The highest BCUT2D eigenvalue weighted by Crippen LogP contribution is 2.16. The predicted octanol–water partition coefficient (Wildman–Crippen LogP) is 2.22. The van der Waals surface area contributed by atoms with Crippen LogP contribution in [0.25, 0.3) is 0 Å². The first-order valence-electron chi connectivity index (χ1n) is 6.88. The molecule has 2 rings (SSSR count). The number of hydrogen-bond donors (Lipinski definition) is 1. The Hall–Kier alpha value is -1.14. The number of carbonyl (C=O) groups is 1. The number of hydrogen-bond acceptors (Lipinski definition) is 6. The standard InChI is InChI=1S/C13H21N3O2S/c1-2-18-12(17)11-10-19-13(15-11)14-6-5-9-16-7-3-4-8-16/h10H,2-9H2,1H3,(H,14,15). The van der Waals surface area contributed by atoms with Gasteiger partial charge in [-0.3, -0.25) is 0 Å². The average Bonchev–Trinajstić information content (AvgIpc) is 3.06. The average molecular weight is 283 g/mol. The molecule has 106 valence electrons. The van der Waals surface area contributed by atoms with Crippen LogP contribution in [0.2, 0.25) is 0 Å². The second-order valence-electron chi connectivity index (χ2n) is 4.59. The lowest BCUT2D eigenvalue weighted by Crippen LogP contribution is -2.22. The molecule has 1 aromatic heterocycles. The molecule has 0 atom stereocenters. The summed E-state index contributed by atoms with van der Waals surface area (Å²) in [5, 5.41) is 5.79. The van der Waals surface area contributed by atoms with E-state index in [4.69, 9.17) is 4.74 Å². The molecule has 2 heterocycles. The molecule has 6 heteroatoms. The molecule has 1 aliphatic rings. The van der Waals surface area contributed by atoms with Crippen LogP contribution in [0.5, 0.6) is 0 Å². The van der Waals surface area contributed by atoms with Gasteiger partial charge in [-0.25, -0.2) is 9.78 Å². The molecular formula is C13H21N3O2S. The first-order valence-corrected chi connectivity index (χ1v) is 7.76. The quantitative estimate of drug-likeness (QED) is 0.614. The molecule has 0 unspecified atom stereocenters. The SMILES string of the molecule is CCOC(=O)c1csc(NCCCN2CCCC2)n1. The van der Waals surface area contributed by atoms with Crippen LogP contribution in [-0.2, 0) is 4.74 Å². The molecule has 5 nitrogen and oxygen atoms in total. The van der Waals surface area contributed by atoms with Crippen LogP contribution in [0.15, 0.2) is 5.38 Å². The van der Waals surface area contributed by atoms with Crippen LogP contribution in [0.4, 0.5) is 5.13 Å². The molecule has 0 radical (unpaired) electrons. The number of ether oxygens (including phenoxy) is 1. The lowest BCUT2D eigenvalue weighted by molar-refractivity contribution is 0.0520. The number of anilines is 1. The van der Waals surface area contributed by atoms with E-state index in [9.17, 15) is 4.79 Å². The maximum absolute atomic E-state index is 11.4. The van der Waals surface area contributed by atoms with Gasteiger partial charge in [0.25, 0.3) is 0 Å². The number of aromatic nitrogens is 1. The number of rotatable bonds is 7. The molecule has 0 spiro atoms. The molecule has 1 saturated heterocycles. The molecule has 1 fully saturated rings. The van der Waals surface area contributed by atoms with Crippen LogP contribution >= 0.6 is 11.3 Å². The number of nitrogens with zero attached hydrogens (tertiary/aromatic N) is 2. The topological polar surface area (TPSA) is 54.5 Å². The van der Waals surface area contributed by atoms with Gasteiger partial charge in [-0.1, -0.05) is 0 Å². The maximum atomic E-state index is 11.4. The first-order chi connectivity index (χ1) is 9.29. The lowest BCUT2D eigenvalue weighted by Gasteiger charge is -2.13. The van der Waals surface area contributed by atoms with E-state index >= 15 is 0 Å². The van der Waals surface area contributed by atoms with Crippen molar-refractivity contribution in [3.05, 3.63) is 11.1 Å². The third-order valence-electron chi connectivity index (χ3n) is 3.11. The van der Waals surface area contributed by atoms with Crippen molar-refractivity contribution < 1.29 is 9.53 Å². The molecule has 0 amide bonds. The Morgan fingerprint density at radius 3 is 3.05 bits per heavy atom. The van der Waals surface area contributed by atoms with Crippen molar-refractivity contribution in [2.75, 3.05) is 38.1 Å². The minimum Gasteiger partial charge on any atom is -0.461 e. The Labute approximate surface area is 118 Å². The van der Waals surface area contributed by atoms with Gasteiger partial charge in [-0.15, -0.1) is 11.3 Å². The molecule has 1 aromatic rings. The molecule has 0 bridgehead atoms. The highest BCUT2D eigenvalue weighted by atomic mass is 32.1. The second-order valence-corrected chi connectivity index (χ2v) is 5.45. The molecule has 0 aromatic carbocycles. The van der Waals surface area contributed by atoms with Crippen LogP contribution in [0.1, 0.15) is 36.7 Å². The van der Waals surface area contributed by atoms with Crippen molar-refractivity contribution in [3.63, 3.8) is 0 Å². The Morgan fingerprint density at radius 2 is 2.32 bits per heavy atom. The summed E-state index contributed by atoms with van der Waals surface area (Å²) in [6.45, 7) is 6.70. The van der Waals surface area contributed by atoms with Gasteiger partial charge in [0.05, 0.1) is 6.61 Å². The van der Waals surface area contributed by atoms with Crippen molar-refractivity contribution in [1.82, 2.24) is 9.88 Å². The van der Waals surface area contributed by atoms with Gasteiger partial charge in [0.2, 0.25) is 0 Å². The number of carbonyl (C=O) groups excluding carboxylic acids is 1. The highest BCUT2D eigenvalue weighted by molar-refractivity contribution is 7.13. The minimum absolute atomic E-state index is 0.344. The lowest BCUT2D eigenvalue weighted by atomic mass is 10.4. The summed E-state index contributed by atoms with van der Waals surface area (Å²) in [4.78, 5) is 18.2. The zero-order valence-corrected chi connectivity index (χ0v) is 12.2. The van der Waals surface area contributed by atoms with E-state index < -0.39 is 0 Å². The van der Waals surface area contributed by atoms with E-state index in [0.29, 0.717) is 12.3 Å². The van der Waals surface area contributed by atoms with E-state index in [0.717, 1.165) is 24.6 Å². The molecular weight excluding hydrogens is 262 g/mol. The van der Waals surface area contributed by atoms with Crippen LogP contribution < -0.4 is 5.32 Å². The Balaban J connectivity index is 1.66. The van der Waals surface area contributed by atoms with Crippen LogP contribution in [-0.4, -0.2) is 48.6 Å². The van der Waals surface area contributed by atoms with Gasteiger partial charge >= 0.3 is 5.97 Å². The van der Waals surface area contributed by atoms with Gasteiger partial charge in [-0.05, 0) is 45.8 Å². The van der Waals surface area contributed by atoms with Gasteiger partial charge in [0, 0.05) is 11.9 Å². The highest BCUT2D eigenvalue weighted by Gasteiger charge is 2.12. The number of nitrogens with one attached hydrogen (secondary N) is 1. The largest absolute Gasteiger partial charge is 0.461 e. The maximum Gasteiger partial charge on any atom is 0.357 e. The van der Waals surface area contributed by atoms with Gasteiger partial charge < -0.3 is 15.0 Å². The number of likely N-dealkylation sites (tertiary alicyclic amines) is 1. The molecule has 1 aliphatic heterocycles. The Kier molecular flexibility index (Phi) is 5.60. The van der Waals surface area contributed by atoms with Gasteiger partial charge in [-0.2, -0.15) is 0 Å². The summed E-state index contributed by atoms with van der Waals surface area (Å²) >= 11 is 1.45.